The number of alkyl halides is 2. The quantitative estimate of drug-likeness (QED) is 0.361. The van der Waals surface area contributed by atoms with Gasteiger partial charge in [-0.3, -0.25) is 0 Å². The lowest BCUT2D eigenvalue weighted by Crippen LogP contribution is -2.22. The molecule has 3 rings (SSSR count). The maximum atomic E-state index is 12.6. The fourth-order valence-electron chi connectivity index (χ4n) is 2.48. The third-order valence-corrected chi connectivity index (χ3v) is 3.83. The first-order valence-corrected chi connectivity index (χ1v) is 8.08. The summed E-state index contributed by atoms with van der Waals surface area (Å²) in [5.74, 6) is 0.956. The second-order valence-electron chi connectivity index (χ2n) is 5.57. The summed E-state index contributed by atoms with van der Waals surface area (Å²) in [6.45, 7) is -0.799. The number of nitrogens with zero attached hydrogens (tertiary/aromatic N) is 1. The minimum Gasteiger partial charge on any atom is -0.454 e. The van der Waals surface area contributed by atoms with Gasteiger partial charge in [-0.15, -0.1) is 24.0 Å². The number of guanidine groups is 1. The zero-order valence-corrected chi connectivity index (χ0v) is 16.9. The van der Waals surface area contributed by atoms with E-state index in [4.69, 9.17) is 15.2 Å². The van der Waals surface area contributed by atoms with Gasteiger partial charge in [-0.25, -0.2) is 4.99 Å². The molecule has 9 heteroatoms. The van der Waals surface area contributed by atoms with Crippen LogP contribution < -0.4 is 25.3 Å². The van der Waals surface area contributed by atoms with Crippen molar-refractivity contribution >= 4 is 35.6 Å². The van der Waals surface area contributed by atoms with Crippen LogP contribution in [0.3, 0.4) is 0 Å². The summed E-state index contributed by atoms with van der Waals surface area (Å²) < 4.78 is 40.3. The molecule has 1 aliphatic heterocycles. The van der Waals surface area contributed by atoms with Gasteiger partial charge in [-0.05, 0) is 30.2 Å². The van der Waals surface area contributed by atoms with Crippen LogP contribution in [-0.4, -0.2) is 19.4 Å². The second-order valence-corrected chi connectivity index (χ2v) is 5.57. The first-order valence-electron chi connectivity index (χ1n) is 8.08. The van der Waals surface area contributed by atoms with Gasteiger partial charge in [-0.1, -0.05) is 19.1 Å². The molecule has 2 aromatic carbocycles. The molecule has 0 atom stereocenters. The first kappa shape index (κ1) is 21.0. The topological polar surface area (TPSA) is 78.1 Å². The molecular weight excluding hydrogens is 471 g/mol. The Kier molecular flexibility index (Phi) is 7.45. The number of ether oxygens (including phenoxy) is 3. The Morgan fingerprint density at radius 1 is 1.22 bits per heavy atom. The Hall–Kier alpha value is -2.30. The van der Waals surface area contributed by atoms with Crippen LogP contribution in [0.1, 0.15) is 18.1 Å². The van der Waals surface area contributed by atoms with Gasteiger partial charge in [0.25, 0.3) is 0 Å². The van der Waals surface area contributed by atoms with Crippen molar-refractivity contribution in [2.24, 2.45) is 10.7 Å². The Bertz CT molecular complexity index is 801. The number of fused-ring (bicyclic) bond motifs is 1. The first-order chi connectivity index (χ1) is 12.5. The number of benzene rings is 2. The maximum Gasteiger partial charge on any atom is 0.387 e. The van der Waals surface area contributed by atoms with E-state index in [9.17, 15) is 8.78 Å². The zero-order chi connectivity index (χ0) is 18.5. The fraction of sp³-hybridized carbons (Fsp3) is 0.278. The molecule has 0 saturated heterocycles. The van der Waals surface area contributed by atoms with Gasteiger partial charge in [0.2, 0.25) is 6.79 Å². The monoisotopic (exact) mass is 491 g/mol. The number of hydrogen-bond acceptors (Lipinski definition) is 4. The van der Waals surface area contributed by atoms with E-state index in [2.05, 4.69) is 22.0 Å². The summed E-state index contributed by atoms with van der Waals surface area (Å²) in [7, 11) is 0. The van der Waals surface area contributed by atoms with Crippen molar-refractivity contribution in [3.8, 4) is 17.2 Å². The number of rotatable bonds is 6. The number of nitrogens with two attached hydrogens (primary N) is 1. The maximum absolute atomic E-state index is 12.6. The molecule has 0 bridgehead atoms. The standard InChI is InChI=1S/C18H19F2N3O3.HI/c1-2-11-3-5-13(6-4-11)23-18(21)22-9-12-7-15-16(25-10-24-15)8-14(12)26-17(19)20;/h3-8,17H,2,9-10H2,1H3,(H3,21,22,23);1H. The van der Waals surface area contributed by atoms with Crippen molar-refractivity contribution in [3.05, 3.63) is 47.5 Å². The van der Waals surface area contributed by atoms with E-state index in [1.165, 1.54) is 11.6 Å². The van der Waals surface area contributed by atoms with Crippen molar-refractivity contribution in [2.75, 3.05) is 12.1 Å². The summed E-state index contributed by atoms with van der Waals surface area (Å²) in [5, 5.41) is 2.96. The number of anilines is 1. The smallest absolute Gasteiger partial charge is 0.387 e. The van der Waals surface area contributed by atoms with E-state index < -0.39 is 6.61 Å². The molecule has 2 aromatic rings. The highest BCUT2D eigenvalue weighted by Gasteiger charge is 2.19. The van der Waals surface area contributed by atoms with Crippen LogP contribution in [-0.2, 0) is 13.0 Å². The molecule has 0 unspecified atom stereocenters. The molecule has 3 N–H and O–H groups in total. The summed E-state index contributed by atoms with van der Waals surface area (Å²) in [6.07, 6.45) is 0.945. The van der Waals surface area contributed by atoms with Crippen LogP contribution in [0.4, 0.5) is 14.5 Å². The number of hydrogen-bond donors (Lipinski definition) is 2. The normalized spacial score (nSPS) is 12.7. The average Bonchev–Trinajstić information content (AvgIpc) is 3.07. The van der Waals surface area contributed by atoms with Crippen molar-refractivity contribution in [2.45, 2.75) is 26.5 Å². The Labute approximate surface area is 172 Å². The van der Waals surface area contributed by atoms with Gasteiger partial charge in [0.1, 0.15) is 5.75 Å². The van der Waals surface area contributed by atoms with Crippen LogP contribution in [0.15, 0.2) is 41.4 Å². The molecule has 6 nitrogen and oxygen atoms in total. The van der Waals surface area contributed by atoms with Gasteiger partial charge in [0.05, 0.1) is 6.54 Å². The molecule has 0 aliphatic carbocycles. The summed E-state index contributed by atoms with van der Waals surface area (Å²) in [6, 6.07) is 10.7. The number of halogens is 3. The number of nitrogens with one attached hydrogen (secondary N) is 1. The molecule has 0 spiro atoms. The molecule has 1 aliphatic rings. The van der Waals surface area contributed by atoms with Gasteiger partial charge < -0.3 is 25.3 Å². The SMILES string of the molecule is CCc1ccc(NC(N)=NCc2cc3c(cc2OC(F)F)OCO3)cc1.I. The third-order valence-electron chi connectivity index (χ3n) is 3.83. The lowest BCUT2D eigenvalue weighted by atomic mass is 10.1. The van der Waals surface area contributed by atoms with Gasteiger partial charge in [0.15, 0.2) is 17.5 Å². The zero-order valence-electron chi connectivity index (χ0n) is 14.6. The van der Waals surface area contributed by atoms with E-state index >= 15 is 0 Å². The van der Waals surface area contributed by atoms with Crippen molar-refractivity contribution < 1.29 is 23.0 Å². The van der Waals surface area contributed by atoms with Gasteiger partial charge in [-0.2, -0.15) is 8.78 Å². The Balaban J connectivity index is 0.00000261. The lowest BCUT2D eigenvalue weighted by molar-refractivity contribution is -0.0505. The summed E-state index contributed by atoms with van der Waals surface area (Å²) in [4.78, 5) is 4.19. The molecule has 27 heavy (non-hydrogen) atoms. The second kappa shape index (κ2) is 9.58. The van der Waals surface area contributed by atoms with Gasteiger partial charge >= 0.3 is 6.61 Å². The van der Waals surface area contributed by atoms with E-state index in [0.29, 0.717) is 17.1 Å². The van der Waals surface area contributed by atoms with Gasteiger partial charge in [0, 0.05) is 17.3 Å². The highest BCUT2D eigenvalue weighted by atomic mass is 127. The average molecular weight is 491 g/mol. The highest BCUT2D eigenvalue weighted by molar-refractivity contribution is 14.0. The number of aliphatic imine (C=N–C) groups is 1. The van der Waals surface area contributed by atoms with Crippen LogP contribution >= 0.6 is 24.0 Å². The minimum atomic E-state index is -2.95. The predicted octanol–water partition coefficient (Wildman–Crippen LogP) is 4.12. The van der Waals surface area contributed by atoms with Crippen molar-refractivity contribution in [3.63, 3.8) is 0 Å². The molecule has 146 valence electrons. The molecule has 0 aromatic heterocycles. The summed E-state index contributed by atoms with van der Waals surface area (Å²) in [5.41, 5.74) is 8.30. The van der Waals surface area contributed by atoms with E-state index in [1.807, 2.05) is 24.3 Å². The van der Waals surface area contributed by atoms with Crippen molar-refractivity contribution in [1.29, 1.82) is 0 Å². The molecule has 0 amide bonds. The van der Waals surface area contributed by atoms with E-state index in [1.54, 1.807) is 6.07 Å². The van der Waals surface area contributed by atoms with Crippen LogP contribution in [0.2, 0.25) is 0 Å². The van der Waals surface area contributed by atoms with Crippen LogP contribution in [0.25, 0.3) is 0 Å². The highest BCUT2D eigenvalue weighted by Crippen LogP contribution is 2.39. The predicted molar refractivity (Wildman–Crippen MR) is 109 cm³/mol. The Morgan fingerprint density at radius 2 is 1.89 bits per heavy atom. The third kappa shape index (κ3) is 5.59. The summed E-state index contributed by atoms with van der Waals surface area (Å²) >= 11 is 0. The van der Waals surface area contributed by atoms with Crippen LogP contribution in [0.5, 0.6) is 17.2 Å². The Morgan fingerprint density at radius 3 is 2.52 bits per heavy atom. The van der Waals surface area contributed by atoms with E-state index in [0.717, 1.165) is 12.1 Å². The molecule has 1 heterocycles. The number of aryl methyl sites for hydroxylation is 1. The van der Waals surface area contributed by atoms with Crippen molar-refractivity contribution in [1.82, 2.24) is 0 Å². The molecule has 0 radical (unpaired) electrons. The van der Waals surface area contributed by atoms with Crippen LogP contribution in [0, 0.1) is 0 Å². The minimum absolute atomic E-state index is 0. The molecular formula is C18H20F2IN3O3. The van der Waals surface area contributed by atoms with E-state index in [-0.39, 0.29) is 49.0 Å². The molecule has 0 fully saturated rings. The lowest BCUT2D eigenvalue weighted by Gasteiger charge is -2.11. The largest absolute Gasteiger partial charge is 0.454 e. The molecule has 0 saturated carbocycles. The fourth-order valence-corrected chi connectivity index (χ4v) is 2.48.